The van der Waals surface area contributed by atoms with Gasteiger partial charge in [-0.05, 0) is 86.9 Å². The van der Waals surface area contributed by atoms with E-state index in [1.165, 1.54) is 27.3 Å². The van der Waals surface area contributed by atoms with Crippen LogP contribution in [0.4, 0.5) is 0 Å². The number of halogens is 2. The summed E-state index contributed by atoms with van der Waals surface area (Å²) in [7, 11) is -0.446. The number of rotatable bonds is 7. The van der Waals surface area contributed by atoms with Gasteiger partial charge in [-0.25, -0.2) is 0 Å². The van der Waals surface area contributed by atoms with Gasteiger partial charge in [0.05, 0.1) is 11.4 Å². The topological polar surface area (TPSA) is 38.7 Å². The van der Waals surface area contributed by atoms with E-state index in [4.69, 9.17) is 0 Å². The molecule has 0 saturated heterocycles. The Morgan fingerprint density at radius 1 is 0.404 bits per heavy atom. The highest BCUT2D eigenvalue weighted by Crippen LogP contribution is 2.32. The van der Waals surface area contributed by atoms with Crippen molar-refractivity contribution < 1.29 is 0 Å². The van der Waals surface area contributed by atoms with Crippen LogP contribution in [0.1, 0.15) is 48.0 Å². The second-order valence-electron chi connectivity index (χ2n) is 10.5. The number of hydrogen-bond acceptors (Lipinski definition) is 3. The third-order valence-electron chi connectivity index (χ3n) is 6.80. The summed E-state index contributed by atoms with van der Waals surface area (Å²) in [6, 6.07) is 50.6. The van der Waals surface area contributed by atoms with E-state index in [1.54, 1.807) is 0 Å². The maximum absolute atomic E-state index is 4.41. The van der Waals surface area contributed by atoms with Crippen molar-refractivity contribution >= 4 is 55.7 Å². The molecule has 0 aliphatic carbocycles. The van der Waals surface area contributed by atoms with Gasteiger partial charge in [-0.15, -0.1) is 0 Å². The Labute approximate surface area is 300 Å². The molecule has 0 saturated carbocycles. The Balaban J connectivity index is 0.000000183. The quantitative estimate of drug-likeness (QED) is 0.120. The summed E-state index contributed by atoms with van der Waals surface area (Å²) in [4.78, 5) is 12.9. The molecule has 0 N–H and O–H groups in total. The van der Waals surface area contributed by atoms with Gasteiger partial charge in [-0.1, -0.05) is 155 Å². The van der Waals surface area contributed by atoms with Crippen LogP contribution < -0.4 is 15.9 Å². The Kier molecular flexibility index (Phi) is 17.9. The normalized spacial score (nSPS) is 10.0. The van der Waals surface area contributed by atoms with Crippen molar-refractivity contribution in [3.05, 3.63) is 180 Å². The van der Waals surface area contributed by atoms with Crippen LogP contribution in [0.25, 0.3) is 0 Å². The standard InChI is InChI=1S/C18H15P.C9H13N.C7H7Br2N.C7H9N/c1-4-10-16(11-5-1)19(17-12-6-2-7-13-17)18-14-8-3-9-15-18;1-3-8-6-5-7-9(4-2)10-8;8-4-6-2-1-3-7(5-9)10-6;1-6-4-3-5-7(2)8-6/h1-15H;5-7H,3-4H2,1-2H3;1-3H,4-5H2;3-5H,1-2H3. The number of pyridine rings is 3. The summed E-state index contributed by atoms with van der Waals surface area (Å²) in [5, 5.41) is 5.85. The molecule has 0 aliphatic rings. The molecule has 6 rings (SSSR count). The Hall–Kier alpha value is -3.50. The number of aryl methyl sites for hydroxylation is 4. The Bertz CT molecular complexity index is 1500. The van der Waals surface area contributed by atoms with Crippen molar-refractivity contribution in [3.63, 3.8) is 0 Å². The number of nitrogens with zero attached hydrogens (tertiary/aromatic N) is 3. The summed E-state index contributed by atoms with van der Waals surface area (Å²) < 4.78 is 0. The zero-order valence-electron chi connectivity index (χ0n) is 27.7. The molecule has 3 aromatic carbocycles. The minimum absolute atomic E-state index is 0.446. The van der Waals surface area contributed by atoms with Crippen molar-refractivity contribution in [2.75, 3.05) is 0 Å². The predicted molar refractivity (Wildman–Crippen MR) is 211 cm³/mol. The van der Waals surface area contributed by atoms with Crippen LogP contribution in [-0.4, -0.2) is 15.0 Å². The summed E-state index contributed by atoms with van der Waals surface area (Å²) >= 11 is 6.69. The Morgan fingerprint density at radius 3 is 1.02 bits per heavy atom. The minimum atomic E-state index is -0.446. The second-order valence-corrected chi connectivity index (χ2v) is 13.8. The first-order valence-corrected chi connectivity index (χ1v) is 19.4. The molecule has 6 aromatic rings. The van der Waals surface area contributed by atoms with Gasteiger partial charge in [0.2, 0.25) is 0 Å². The van der Waals surface area contributed by atoms with Crippen LogP contribution in [-0.2, 0) is 23.5 Å². The predicted octanol–water partition coefficient (Wildman–Crippen LogP) is 10.2. The summed E-state index contributed by atoms with van der Waals surface area (Å²) in [5.74, 6) is 0. The van der Waals surface area contributed by atoms with Crippen LogP contribution in [0.15, 0.2) is 146 Å². The van der Waals surface area contributed by atoms with Crippen LogP contribution in [0.3, 0.4) is 0 Å². The molecule has 0 fully saturated rings. The number of aromatic nitrogens is 3. The first-order valence-electron chi connectivity index (χ1n) is 15.8. The molecule has 3 aromatic heterocycles. The van der Waals surface area contributed by atoms with Gasteiger partial charge in [-0.3, -0.25) is 15.0 Å². The van der Waals surface area contributed by atoms with Gasteiger partial charge in [0.1, 0.15) is 0 Å². The van der Waals surface area contributed by atoms with Gasteiger partial charge in [0, 0.05) is 33.4 Å². The average molecular weight is 770 g/mol. The lowest BCUT2D eigenvalue weighted by Crippen LogP contribution is -2.20. The second kappa shape index (κ2) is 22.1. The first kappa shape index (κ1) is 38.0. The van der Waals surface area contributed by atoms with E-state index >= 15 is 0 Å². The van der Waals surface area contributed by atoms with Crippen molar-refractivity contribution in [2.24, 2.45) is 0 Å². The van der Waals surface area contributed by atoms with E-state index in [0.717, 1.165) is 46.3 Å². The third-order valence-corrected chi connectivity index (χ3v) is 10.4. The fraction of sp³-hybridized carbons (Fsp3) is 0.195. The molecule has 0 radical (unpaired) electrons. The van der Waals surface area contributed by atoms with Crippen molar-refractivity contribution in [3.8, 4) is 0 Å². The fourth-order valence-electron chi connectivity index (χ4n) is 4.46. The summed E-state index contributed by atoms with van der Waals surface area (Å²) in [6.45, 7) is 8.24. The van der Waals surface area contributed by atoms with Crippen molar-refractivity contribution in [1.29, 1.82) is 0 Å². The van der Waals surface area contributed by atoms with E-state index in [-0.39, 0.29) is 0 Å². The van der Waals surface area contributed by atoms with Gasteiger partial charge in [0.15, 0.2) is 0 Å². The van der Waals surface area contributed by atoms with Gasteiger partial charge in [-0.2, -0.15) is 0 Å². The fourth-order valence-corrected chi connectivity index (χ4v) is 7.39. The van der Waals surface area contributed by atoms with Crippen LogP contribution in [0, 0.1) is 13.8 Å². The zero-order chi connectivity index (χ0) is 33.7. The molecule has 0 bridgehead atoms. The molecule has 47 heavy (non-hydrogen) atoms. The highest BCUT2D eigenvalue weighted by atomic mass is 79.9. The third kappa shape index (κ3) is 14.0. The molecule has 0 aliphatic heterocycles. The van der Waals surface area contributed by atoms with Gasteiger partial charge >= 0.3 is 0 Å². The maximum Gasteiger partial charge on any atom is 0.0512 e. The number of alkyl halides is 2. The average Bonchev–Trinajstić information content (AvgIpc) is 3.14. The van der Waals surface area contributed by atoms with E-state index in [9.17, 15) is 0 Å². The summed E-state index contributed by atoms with van der Waals surface area (Å²) in [5.41, 5.74) is 6.72. The number of hydrogen-bond donors (Lipinski definition) is 0. The zero-order valence-corrected chi connectivity index (χ0v) is 31.8. The number of benzene rings is 3. The van der Waals surface area contributed by atoms with Gasteiger partial charge in [0.25, 0.3) is 0 Å². The van der Waals surface area contributed by atoms with Crippen LogP contribution in [0.5, 0.6) is 0 Å². The Morgan fingerprint density at radius 2 is 0.723 bits per heavy atom. The lowest BCUT2D eigenvalue weighted by Gasteiger charge is -2.18. The van der Waals surface area contributed by atoms with Crippen LogP contribution >= 0.6 is 39.8 Å². The monoisotopic (exact) mass is 767 g/mol. The minimum Gasteiger partial charge on any atom is -0.258 e. The lowest BCUT2D eigenvalue weighted by atomic mass is 10.2. The molecular formula is C41H44Br2N3P. The maximum atomic E-state index is 4.41. The molecule has 0 unspecified atom stereocenters. The first-order chi connectivity index (χ1) is 23.0. The van der Waals surface area contributed by atoms with Gasteiger partial charge < -0.3 is 0 Å². The van der Waals surface area contributed by atoms with E-state index in [1.807, 2.05) is 50.2 Å². The molecule has 3 nitrogen and oxygen atoms in total. The van der Waals surface area contributed by atoms with Crippen molar-refractivity contribution in [1.82, 2.24) is 15.0 Å². The van der Waals surface area contributed by atoms with E-state index in [2.05, 4.69) is 170 Å². The molecule has 3 heterocycles. The lowest BCUT2D eigenvalue weighted by molar-refractivity contribution is 0.955. The van der Waals surface area contributed by atoms with Crippen LogP contribution in [0.2, 0.25) is 0 Å². The highest BCUT2D eigenvalue weighted by molar-refractivity contribution is 9.08. The molecular weight excluding hydrogens is 725 g/mol. The summed E-state index contributed by atoms with van der Waals surface area (Å²) in [6.07, 6.45) is 2.07. The van der Waals surface area contributed by atoms with E-state index in [0.29, 0.717) is 0 Å². The molecule has 0 spiro atoms. The SMILES string of the molecule is BrCc1cccc(CBr)n1.CCc1cccc(CC)n1.Cc1cccc(C)n1.c1ccc(P(c2ccccc2)c2ccccc2)cc1. The van der Waals surface area contributed by atoms with E-state index < -0.39 is 7.92 Å². The highest BCUT2D eigenvalue weighted by Gasteiger charge is 2.15. The molecule has 0 atom stereocenters. The smallest absolute Gasteiger partial charge is 0.0512 e. The molecule has 242 valence electrons. The van der Waals surface area contributed by atoms with Crippen molar-refractivity contribution in [2.45, 2.75) is 51.2 Å². The molecule has 6 heteroatoms. The molecule has 0 amide bonds. The largest absolute Gasteiger partial charge is 0.258 e.